The van der Waals surface area contributed by atoms with Crippen LogP contribution in [-0.4, -0.2) is 5.11 Å². The van der Waals surface area contributed by atoms with Crippen LogP contribution in [0.4, 0.5) is 0 Å². The molecule has 0 atom stereocenters. The minimum atomic E-state index is 0.544. The van der Waals surface area contributed by atoms with Crippen molar-refractivity contribution in [1.29, 1.82) is 0 Å². The van der Waals surface area contributed by atoms with E-state index in [1.807, 2.05) is 30.3 Å². The van der Waals surface area contributed by atoms with E-state index in [2.05, 4.69) is 10.6 Å². The van der Waals surface area contributed by atoms with Crippen molar-refractivity contribution in [3.05, 3.63) is 68.7 Å². The maximum absolute atomic E-state index is 6.10. The minimum absolute atomic E-state index is 0.544. The Balaban J connectivity index is 1.80. The van der Waals surface area contributed by atoms with E-state index in [9.17, 15) is 0 Å². The Labute approximate surface area is 144 Å². The Morgan fingerprint density at radius 3 is 2.14 bits per heavy atom. The van der Waals surface area contributed by atoms with Crippen LogP contribution in [0.1, 0.15) is 11.1 Å². The van der Waals surface area contributed by atoms with E-state index in [1.54, 1.807) is 12.1 Å². The zero-order valence-electron chi connectivity index (χ0n) is 11.0. The van der Waals surface area contributed by atoms with Crippen molar-refractivity contribution in [2.75, 3.05) is 0 Å². The van der Waals surface area contributed by atoms with Gasteiger partial charge in [0.2, 0.25) is 0 Å². The van der Waals surface area contributed by atoms with Crippen LogP contribution in [0, 0.1) is 0 Å². The van der Waals surface area contributed by atoms with Gasteiger partial charge in [0.15, 0.2) is 5.11 Å². The summed E-state index contributed by atoms with van der Waals surface area (Å²) in [5, 5.41) is 8.76. The zero-order valence-corrected chi connectivity index (χ0v) is 14.1. The molecule has 2 N–H and O–H groups in total. The molecule has 0 aliphatic rings. The first-order valence-corrected chi connectivity index (χ1v) is 7.79. The first kappa shape index (κ1) is 16.4. The molecule has 2 aromatic rings. The van der Waals surface area contributed by atoms with Gasteiger partial charge in [-0.2, -0.15) is 0 Å². The third-order valence-corrected chi connectivity index (χ3v) is 3.95. The maximum Gasteiger partial charge on any atom is 0.166 e. The van der Waals surface area contributed by atoms with Crippen LogP contribution in [-0.2, 0) is 13.1 Å². The topological polar surface area (TPSA) is 24.1 Å². The smallest absolute Gasteiger partial charge is 0.166 e. The summed E-state index contributed by atoms with van der Waals surface area (Å²) in [6, 6.07) is 13.0. The quantitative estimate of drug-likeness (QED) is 0.766. The molecule has 0 spiro atoms. The molecule has 0 unspecified atom stereocenters. The molecule has 0 fully saturated rings. The number of nitrogens with one attached hydrogen (secondary N) is 2. The van der Waals surface area contributed by atoms with Gasteiger partial charge in [-0.3, -0.25) is 0 Å². The van der Waals surface area contributed by atoms with Crippen molar-refractivity contribution >= 4 is 52.1 Å². The molecule has 0 saturated carbocycles. The summed E-state index contributed by atoms with van der Waals surface area (Å²) < 4.78 is 0. The average Bonchev–Trinajstić information content (AvgIpc) is 2.46. The Hall–Kier alpha value is -1.000. The average molecular weight is 360 g/mol. The van der Waals surface area contributed by atoms with Gasteiger partial charge >= 0.3 is 0 Å². The fourth-order valence-electron chi connectivity index (χ4n) is 1.69. The highest BCUT2D eigenvalue weighted by Gasteiger charge is 2.02. The third kappa shape index (κ3) is 5.36. The Morgan fingerprint density at radius 1 is 0.857 bits per heavy atom. The van der Waals surface area contributed by atoms with Crippen molar-refractivity contribution in [1.82, 2.24) is 10.6 Å². The second kappa shape index (κ2) is 7.85. The van der Waals surface area contributed by atoms with Gasteiger partial charge in [0, 0.05) is 28.2 Å². The molecular weight excluding hydrogens is 347 g/mol. The van der Waals surface area contributed by atoms with Gasteiger partial charge in [-0.15, -0.1) is 0 Å². The van der Waals surface area contributed by atoms with E-state index in [0.29, 0.717) is 28.2 Å². The summed E-state index contributed by atoms with van der Waals surface area (Å²) in [7, 11) is 0. The summed E-state index contributed by atoms with van der Waals surface area (Å²) in [6.07, 6.45) is 0. The van der Waals surface area contributed by atoms with Crippen LogP contribution in [0.25, 0.3) is 0 Å². The highest BCUT2D eigenvalue weighted by atomic mass is 35.5. The van der Waals surface area contributed by atoms with Crippen LogP contribution in [0.2, 0.25) is 15.1 Å². The monoisotopic (exact) mass is 358 g/mol. The van der Waals surface area contributed by atoms with Crippen LogP contribution < -0.4 is 10.6 Å². The van der Waals surface area contributed by atoms with E-state index in [0.717, 1.165) is 16.1 Å². The number of hydrogen-bond donors (Lipinski definition) is 2. The van der Waals surface area contributed by atoms with Gasteiger partial charge in [-0.1, -0.05) is 53.0 Å². The fourth-order valence-corrected chi connectivity index (χ4v) is 2.43. The normalized spacial score (nSPS) is 10.2. The highest BCUT2D eigenvalue weighted by molar-refractivity contribution is 7.80. The number of thiocarbonyl (C=S) groups is 1. The Bertz CT molecular complexity index is 629. The van der Waals surface area contributed by atoms with Crippen molar-refractivity contribution in [2.45, 2.75) is 13.1 Å². The molecule has 21 heavy (non-hydrogen) atoms. The Kier molecular flexibility index (Phi) is 6.12. The molecule has 0 aromatic heterocycles. The van der Waals surface area contributed by atoms with Gasteiger partial charge < -0.3 is 10.6 Å². The van der Waals surface area contributed by atoms with Crippen molar-refractivity contribution in [3.8, 4) is 0 Å². The third-order valence-electron chi connectivity index (χ3n) is 2.82. The summed E-state index contributed by atoms with van der Waals surface area (Å²) in [5.74, 6) is 0. The van der Waals surface area contributed by atoms with Gasteiger partial charge in [0.05, 0.1) is 0 Å². The molecule has 0 saturated heterocycles. The first-order valence-electron chi connectivity index (χ1n) is 6.24. The molecule has 0 aliphatic heterocycles. The van der Waals surface area contributed by atoms with Crippen molar-refractivity contribution in [3.63, 3.8) is 0 Å². The van der Waals surface area contributed by atoms with E-state index in [4.69, 9.17) is 47.0 Å². The lowest BCUT2D eigenvalue weighted by atomic mass is 10.2. The summed E-state index contributed by atoms with van der Waals surface area (Å²) >= 11 is 23.0. The largest absolute Gasteiger partial charge is 0.359 e. The molecule has 2 nitrogen and oxygen atoms in total. The predicted octanol–water partition coefficient (Wildman–Crippen LogP) is 4.81. The summed E-state index contributed by atoms with van der Waals surface area (Å²) in [6.45, 7) is 1.18. The van der Waals surface area contributed by atoms with E-state index in [-0.39, 0.29) is 0 Å². The number of rotatable bonds is 4. The lowest BCUT2D eigenvalue weighted by Crippen LogP contribution is -2.34. The SMILES string of the molecule is S=C(NCc1ccc(Cl)cc1)NCc1ccc(Cl)cc1Cl. The van der Waals surface area contributed by atoms with Crippen LogP contribution in [0.15, 0.2) is 42.5 Å². The number of benzene rings is 2. The van der Waals surface area contributed by atoms with E-state index in [1.165, 1.54) is 0 Å². The molecule has 110 valence electrons. The van der Waals surface area contributed by atoms with Crippen molar-refractivity contribution in [2.24, 2.45) is 0 Å². The van der Waals surface area contributed by atoms with E-state index < -0.39 is 0 Å². The molecule has 0 radical (unpaired) electrons. The predicted molar refractivity (Wildman–Crippen MR) is 94.2 cm³/mol. The molecule has 0 heterocycles. The van der Waals surface area contributed by atoms with Crippen LogP contribution in [0.5, 0.6) is 0 Å². The van der Waals surface area contributed by atoms with Gasteiger partial charge in [0.1, 0.15) is 0 Å². The van der Waals surface area contributed by atoms with Crippen LogP contribution >= 0.6 is 47.0 Å². The van der Waals surface area contributed by atoms with Gasteiger partial charge in [0.25, 0.3) is 0 Å². The molecule has 2 rings (SSSR count). The molecule has 0 aliphatic carbocycles. The first-order chi connectivity index (χ1) is 10.0. The fraction of sp³-hybridized carbons (Fsp3) is 0.133. The second-order valence-corrected chi connectivity index (χ2v) is 6.09. The summed E-state index contributed by atoms with van der Waals surface area (Å²) in [4.78, 5) is 0. The van der Waals surface area contributed by atoms with Crippen LogP contribution in [0.3, 0.4) is 0 Å². The molecule has 0 bridgehead atoms. The van der Waals surface area contributed by atoms with Gasteiger partial charge in [-0.05, 0) is 47.6 Å². The van der Waals surface area contributed by atoms with Gasteiger partial charge in [-0.25, -0.2) is 0 Å². The molecule has 6 heteroatoms. The summed E-state index contributed by atoms with van der Waals surface area (Å²) in [5.41, 5.74) is 2.05. The standard InChI is InChI=1S/C15H13Cl3N2S/c16-12-4-1-10(2-5-12)8-19-15(21)20-9-11-3-6-13(17)7-14(11)18/h1-7H,8-9H2,(H2,19,20,21). The lowest BCUT2D eigenvalue weighted by Gasteiger charge is -2.11. The Morgan fingerprint density at radius 2 is 1.48 bits per heavy atom. The van der Waals surface area contributed by atoms with E-state index >= 15 is 0 Å². The molecule has 0 amide bonds. The maximum atomic E-state index is 6.10. The molecular formula is C15H13Cl3N2S. The lowest BCUT2D eigenvalue weighted by molar-refractivity contribution is 0.833. The van der Waals surface area contributed by atoms with Crippen molar-refractivity contribution < 1.29 is 0 Å². The molecule has 2 aromatic carbocycles. The zero-order chi connectivity index (χ0) is 15.2. The minimum Gasteiger partial charge on any atom is -0.359 e. The highest BCUT2D eigenvalue weighted by Crippen LogP contribution is 2.20. The second-order valence-electron chi connectivity index (χ2n) is 4.40. The number of halogens is 3. The number of hydrogen-bond acceptors (Lipinski definition) is 1.